The van der Waals surface area contributed by atoms with E-state index in [2.05, 4.69) is 4.98 Å². The molecule has 1 aliphatic rings. The van der Waals surface area contributed by atoms with Gasteiger partial charge >= 0.3 is 0 Å². The average molecular weight is 365 g/mol. The van der Waals surface area contributed by atoms with E-state index in [1.165, 1.54) is 0 Å². The summed E-state index contributed by atoms with van der Waals surface area (Å²) in [6.45, 7) is 5.26. The van der Waals surface area contributed by atoms with E-state index in [4.69, 9.17) is 0 Å². The maximum absolute atomic E-state index is 13.2. The number of hydrogen-bond acceptors (Lipinski definition) is 3. The largest absolute Gasteiger partial charge is 0.345 e. The van der Waals surface area contributed by atoms with Crippen molar-refractivity contribution in [1.29, 1.82) is 0 Å². The van der Waals surface area contributed by atoms with Crippen molar-refractivity contribution in [3.63, 3.8) is 0 Å². The minimum atomic E-state index is -0.332. The van der Waals surface area contributed by atoms with Crippen LogP contribution in [0.1, 0.15) is 36.1 Å². The Bertz CT molecular complexity index is 806. The highest BCUT2D eigenvalue weighted by Gasteiger charge is 2.45. The summed E-state index contributed by atoms with van der Waals surface area (Å²) in [5.74, 6) is -0.228. The van der Waals surface area contributed by atoms with Crippen LogP contribution in [-0.2, 0) is 16.0 Å². The van der Waals surface area contributed by atoms with Gasteiger partial charge in [-0.1, -0.05) is 24.3 Å². The molecular weight excluding hydrogens is 338 g/mol. The van der Waals surface area contributed by atoms with E-state index in [0.29, 0.717) is 13.1 Å². The van der Waals surface area contributed by atoms with Gasteiger partial charge in [-0.25, -0.2) is 0 Å². The van der Waals surface area contributed by atoms with Crippen LogP contribution >= 0.6 is 0 Å². The van der Waals surface area contributed by atoms with E-state index < -0.39 is 0 Å². The Hall–Kier alpha value is -2.69. The van der Waals surface area contributed by atoms with E-state index in [1.54, 1.807) is 17.3 Å². The van der Waals surface area contributed by atoms with Crippen LogP contribution in [0.15, 0.2) is 48.8 Å². The standard InChI is InChI=1S/C22H27N3O2/c1-4-25-20(26)15-19(21(25)18-8-6-5-7-16(18)2)22(27)24(3)14-11-17-9-12-23-13-10-17/h5-10,12-13,19,21H,4,11,14-15H2,1-3H3/t19-,21+/m1/s1. The average Bonchev–Trinajstić information content (AvgIpc) is 3.02. The number of likely N-dealkylation sites (N-methyl/N-ethyl adjacent to an activating group) is 1. The van der Waals surface area contributed by atoms with Gasteiger partial charge in [0.05, 0.1) is 12.0 Å². The van der Waals surface area contributed by atoms with Gasteiger partial charge in [0, 0.05) is 39.0 Å². The number of rotatable bonds is 6. The number of amides is 2. The van der Waals surface area contributed by atoms with E-state index >= 15 is 0 Å². The maximum Gasteiger partial charge on any atom is 0.228 e. The zero-order chi connectivity index (χ0) is 19.4. The van der Waals surface area contributed by atoms with Crippen molar-refractivity contribution in [2.45, 2.75) is 32.7 Å². The predicted molar refractivity (Wildman–Crippen MR) is 105 cm³/mol. The number of aromatic nitrogens is 1. The fraction of sp³-hybridized carbons (Fsp3) is 0.409. The molecule has 1 aliphatic heterocycles. The van der Waals surface area contributed by atoms with Crippen LogP contribution in [-0.4, -0.2) is 46.7 Å². The molecule has 5 heteroatoms. The molecule has 27 heavy (non-hydrogen) atoms. The van der Waals surface area contributed by atoms with Gasteiger partial charge in [0.1, 0.15) is 0 Å². The smallest absolute Gasteiger partial charge is 0.228 e. The zero-order valence-electron chi connectivity index (χ0n) is 16.3. The van der Waals surface area contributed by atoms with Gasteiger partial charge in [-0.3, -0.25) is 14.6 Å². The molecule has 1 fully saturated rings. The zero-order valence-corrected chi connectivity index (χ0v) is 16.3. The number of nitrogens with zero attached hydrogens (tertiary/aromatic N) is 3. The van der Waals surface area contributed by atoms with Crippen molar-refractivity contribution in [2.24, 2.45) is 5.92 Å². The lowest BCUT2D eigenvalue weighted by Crippen LogP contribution is -2.38. The molecule has 3 rings (SSSR count). The van der Waals surface area contributed by atoms with Crippen LogP contribution in [0.5, 0.6) is 0 Å². The summed E-state index contributed by atoms with van der Waals surface area (Å²) in [5.41, 5.74) is 3.34. The van der Waals surface area contributed by atoms with Gasteiger partial charge in [-0.2, -0.15) is 0 Å². The molecule has 2 amide bonds. The Kier molecular flexibility index (Phi) is 5.89. The number of hydrogen-bond donors (Lipinski definition) is 0. The van der Waals surface area contributed by atoms with Gasteiger partial charge in [0.2, 0.25) is 11.8 Å². The molecule has 0 bridgehead atoms. The summed E-state index contributed by atoms with van der Waals surface area (Å²) in [7, 11) is 1.83. The highest BCUT2D eigenvalue weighted by Crippen LogP contribution is 2.40. The quantitative estimate of drug-likeness (QED) is 0.791. The van der Waals surface area contributed by atoms with Crippen LogP contribution in [0.2, 0.25) is 0 Å². The van der Waals surface area contributed by atoms with Crippen LogP contribution in [0.4, 0.5) is 0 Å². The molecule has 0 N–H and O–H groups in total. The van der Waals surface area contributed by atoms with Crippen LogP contribution in [0.3, 0.4) is 0 Å². The number of carbonyl (C=O) groups excluding carboxylic acids is 2. The van der Waals surface area contributed by atoms with Crippen molar-refractivity contribution in [3.8, 4) is 0 Å². The van der Waals surface area contributed by atoms with Crippen molar-refractivity contribution in [3.05, 3.63) is 65.5 Å². The van der Waals surface area contributed by atoms with Crippen molar-refractivity contribution >= 4 is 11.8 Å². The second kappa shape index (κ2) is 8.33. The minimum Gasteiger partial charge on any atom is -0.345 e. The fourth-order valence-electron chi connectivity index (χ4n) is 3.93. The van der Waals surface area contributed by atoms with Crippen LogP contribution < -0.4 is 0 Å². The Morgan fingerprint density at radius 2 is 1.93 bits per heavy atom. The summed E-state index contributed by atoms with van der Waals surface area (Å²) in [6.07, 6.45) is 4.59. The molecule has 1 aromatic carbocycles. The predicted octanol–water partition coefficient (Wildman–Crippen LogP) is 3.00. The number of aryl methyl sites for hydroxylation is 1. The molecule has 5 nitrogen and oxygen atoms in total. The Morgan fingerprint density at radius 3 is 2.59 bits per heavy atom. The summed E-state index contributed by atoms with van der Waals surface area (Å²) in [4.78, 5) is 33.4. The van der Waals surface area contributed by atoms with Crippen molar-refractivity contribution in [1.82, 2.24) is 14.8 Å². The minimum absolute atomic E-state index is 0.0432. The molecule has 0 aliphatic carbocycles. The number of pyridine rings is 1. The number of carbonyl (C=O) groups is 2. The Morgan fingerprint density at radius 1 is 1.22 bits per heavy atom. The van der Waals surface area contributed by atoms with E-state index in [9.17, 15) is 9.59 Å². The van der Waals surface area contributed by atoms with Gasteiger partial charge < -0.3 is 9.80 Å². The molecule has 0 spiro atoms. The normalized spacial score (nSPS) is 19.4. The summed E-state index contributed by atoms with van der Waals surface area (Å²) >= 11 is 0. The van der Waals surface area contributed by atoms with Crippen molar-refractivity contribution in [2.75, 3.05) is 20.1 Å². The molecule has 2 atom stereocenters. The topological polar surface area (TPSA) is 53.5 Å². The van der Waals surface area contributed by atoms with Gasteiger partial charge in [-0.05, 0) is 49.1 Å². The highest BCUT2D eigenvalue weighted by molar-refractivity contribution is 5.90. The lowest BCUT2D eigenvalue weighted by molar-refractivity contribution is -0.135. The molecule has 2 aromatic rings. The molecule has 142 valence electrons. The van der Waals surface area contributed by atoms with E-state index in [0.717, 1.165) is 23.1 Å². The molecule has 0 unspecified atom stereocenters. The Balaban J connectivity index is 1.79. The molecular formula is C22H27N3O2. The first-order valence-electron chi connectivity index (χ1n) is 9.51. The van der Waals surface area contributed by atoms with Crippen LogP contribution in [0, 0.1) is 12.8 Å². The lowest BCUT2D eigenvalue weighted by Gasteiger charge is -2.30. The summed E-state index contributed by atoms with van der Waals surface area (Å²) in [6, 6.07) is 11.8. The maximum atomic E-state index is 13.2. The monoisotopic (exact) mass is 365 g/mol. The molecule has 2 heterocycles. The first-order valence-corrected chi connectivity index (χ1v) is 9.51. The summed E-state index contributed by atoms with van der Waals surface area (Å²) < 4.78 is 0. The van der Waals surface area contributed by atoms with Gasteiger partial charge in [0.25, 0.3) is 0 Å². The molecule has 1 aromatic heterocycles. The first kappa shape index (κ1) is 19.1. The third-order valence-electron chi connectivity index (χ3n) is 5.46. The third-order valence-corrected chi connectivity index (χ3v) is 5.46. The lowest BCUT2D eigenvalue weighted by atomic mass is 9.89. The molecule has 1 saturated heterocycles. The highest BCUT2D eigenvalue weighted by atomic mass is 16.2. The Labute approximate surface area is 161 Å². The van der Waals surface area contributed by atoms with E-state index in [-0.39, 0.29) is 30.2 Å². The second-order valence-corrected chi connectivity index (χ2v) is 7.16. The van der Waals surface area contributed by atoms with Crippen molar-refractivity contribution < 1.29 is 9.59 Å². The third kappa shape index (κ3) is 4.02. The number of likely N-dealkylation sites (tertiary alicyclic amines) is 1. The number of benzene rings is 1. The molecule has 0 radical (unpaired) electrons. The van der Waals surface area contributed by atoms with Crippen LogP contribution in [0.25, 0.3) is 0 Å². The summed E-state index contributed by atoms with van der Waals surface area (Å²) in [5, 5.41) is 0. The van der Waals surface area contributed by atoms with Gasteiger partial charge in [0.15, 0.2) is 0 Å². The first-order chi connectivity index (χ1) is 13.0. The van der Waals surface area contributed by atoms with Gasteiger partial charge in [-0.15, -0.1) is 0 Å². The van der Waals surface area contributed by atoms with E-state index in [1.807, 2.05) is 62.2 Å². The fourth-order valence-corrected chi connectivity index (χ4v) is 3.93. The second-order valence-electron chi connectivity index (χ2n) is 7.16. The SMILES string of the molecule is CCN1C(=O)C[C@@H](C(=O)N(C)CCc2ccncc2)[C@@H]1c1ccccc1C. The molecule has 0 saturated carbocycles.